The third-order valence-electron chi connectivity index (χ3n) is 4.30. The van der Waals surface area contributed by atoms with Crippen molar-refractivity contribution in [2.24, 2.45) is 4.99 Å². The van der Waals surface area contributed by atoms with Gasteiger partial charge in [-0.25, -0.2) is 0 Å². The lowest BCUT2D eigenvalue weighted by Crippen LogP contribution is -2.43. The fraction of sp³-hybridized carbons (Fsp3) is 0.579. The van der Waals surface area contributed by atoms with Crippen molar-refractivity contribution in [3.63, 3.8) is 0 Å². The molecule has 1 aliphatic carbocycles. The maximum Gasteiger partial charge on any atom is 0.221 e. The van der Waals surface area contributed by atoms with E-state index in [1.165, 1.54) is 12.8 Å². The third kappa shape index (κ3) is 7.52. The summed E-state index contributed by atoms with van der Waals surface area (Å²) in [6.07, 6.45) is 5.04. The second-order valence-corrected chi connectivity index (χ2v) is 7.00. The number of benzene rings is 1. The molecule has 0 saturated heterocycles. The predicted octanol–water partition coefficient (Wildman–Crippen LogP) is 2.72. The Labute approximate surface area is 160 Å². The van der Waals surface area contributed by atoms with Crippen LogP contribution in [0.5, 0.6) is 5.75 Å². The molecule has 0 aliphatic heterocycles. The van der Waals surface area contributed by atoms with Gasteiger partial charge in [-0.15, -0.1) is 0 Å². The van der Waals surface area contributed by atoms with E-state index < -0.39 is 0 Å². The molecule has 0 bridgehead atoms. The lowest BCUT2D eigenvalue weighted by Gasteiger charge is -2.18. The summed E-state index contributed by atoms with van der Waals surface area (Å²) in [5.41, 5.74) is 0. The Balaban J connectivity index is 1.62. The van der Waals surface area contributed by atoms with E-state index in [1.807, 2.05) is 19.1 Å². The Hall–Kier alpha value is -1.95. The normalized spacial score (nSPS) is 16.2. The molecule has 0 aromatic heterocycles. The van der Waals surface area contributed by atoms with Gasteiger partial charge in [-0.1, -0.05) is 24.4 Å². The molecule has 0 spiro atoms. The molecule has 1 saturated carbocycles. The minimum absolute atomic E-state index is 0.0413. The number of hydrogen-bond donors (Lipinski definition) is 3. The van der Waals surface area contributed by atoms with Crippen molar-refractivity contribution in [1.29, 1.82) is 0 Å². The number of aliphatic imine (C=N–C) groups is 1. The maximum atomic E-state index is 11.9. The van der Waals surface area contributed by atoms with Crippen LogP contribution in [-0.4, -0.2) is 44.1 Å². The topological polar surface area (TPSA) is 74.8 Å². The highest BCUT2D eigenvalue weighted by Gasteiger charge is 2.16. The largest absolute Gasteiger partial charge is 0.489 e. The fourth-order valence-electron chi connectivity index (χ4n) is 2.91. The first-order valence-corrected chi connectivity index (χ1v) is 9.60. The van der Waals surface area contributed by atoms with Crippen LogP contribution in [0.4, 0.5) is 0 Å². The molecule has 1 unspecified atom stereocenters. The number of rotatable bonds is 8. The zero-order valence-corrected chi connectivity index (χ0v) is 16.3. The van der Waals surface area contributed by atoms with Crippen LogP contribution >= 0.6 is 11.6 Å². The van der Waals surface area contributed by atoms with Crippen molar-refractivity contribution in [1.82, 2.24) is 16.0 Å². The molecule has 26 heavy (non-hydrogen) atoms. The summed E-state index contributed by atoms with van der Waals surface area (Å²) >= 11 is 5.87. The van der Waals surface area contributed by atoms with Gasteiger partial charge in [-0.3, -0.25) is 9.79 Å². The lowest BCUT2D eigenvalue weighted by molar-refractivity contribution is -0.121. The van der Waals surface area contributed by atoms with Crippen molar-refractivity contribution in [2.45, 2.75) is 51.2 Å². The summed E-state index contributed by atoms with van der Waals surface area (Å²) in [4.78, 5) is 16.1. The standard InChI is InChI=1S/C19H29ClN4O2/c1-14(26-17-9-7-15(20)8-10-17)13-23-19(21-2)22-12-11-18(25)24-16-5-3-4-6-16/h7-10,14,16H,3-6,11-13H2,1-2H3,(H,24,25)(H2,21,22,23). The number of amides is 1. The summed E-state index contributed by atoms with van der Waals surface area (Å²) in [5.74, 6) is 1.53. The summed E-state index contributed by atoms with van der Waals surface area (Å²) in [6, 6.07) is 7.65. The first-order valence-electron chi connectivity index (χ1n) is 9.23. The van der Waals surface area contributed by atoms with Crippen LogP contribution in [0.15, 0.2) is 29.3 Å². The number of nitrogens with zero attached hydrogens (tertiary/aromatic N) is 1. The van der Waals surface area contributed by atoms with Crippen LogP contribution in [-0.2, 0) is 4.79 Å². The molecule has 1 aliphatic rings. The Bertz CT molecular complexity index is 586. The summed E-state index contributed by atoms with van der Waals surface area (Å²) in [5, 5.41) is 10.1. The predicted molar refractivity (Wildman–Crippen MR) is 106 cm³/mol. The average molecular weight is 381 g/mol. The van der Waals surface area contributed by atoms with E-state index in [1.54, 1.807) is 19.2 Å². The second-order valence-electron chi connectivity index (χ2n) is 6.56. The molecule has 2 rings (SSSR count). The number of guanidine groups is 1. The summed E-state index contributed by atoms with van der Waals surface area (Å²) in [7, 11) is 1.71. The molecular weight excluding hydrogens is 352 g/mol. The molecule has 1 atom stereocenters. The van der Waals surface area contributed by atoms with E-state index in [9.17, 15) is 4.79 Å². The quantitative estimate of drug-likeness (QED) is 0.479. The van der Waals surface area contributed by atoms with Gasteiger partial charge in [0, 0.05) is 31.1 Å². The number of carbonyl (C=O) groups excluding carboxylic acids is 1. The molecule has 6 nitrogen and oxygen atoms in total. The highest BCUT2D eigenvalue weighted by molar-refractivity contribution is 6.30. The van der Waals surface area contributed by atoms with Crippen molar-refractivity contribution in [2.75, 3.05) is 20.1 Å². The zero-order valence-electron chi connectivity index (χ0n) is 15.6. The highest BCUT2D eigenvalue weighted by Crippen LogP contribution is 2.17. The van der Waals surface area contributed by atoms with Gasteiger partial charge >= 0.3 is 0 Å². The van der Waals surface area contributed by atoms with E-state index in [4.69, 9.17) is 16.3 Å². The van der Waals surface area contributed by atoms with Crippen LogP contribution in [0.2, 0.25) is 5.02 Å². The van der Waals surface area contributed by atoms with Crippen molar-refractivity contribution in [3.8, 4) is 5.75 Å². The van der Waals surface area contributed by atoms with Gasteiger partial charge in [0.15, 0.2) is 5.96 Å². The number of carbonyl (C=O) groups is 1. The highest BCUT2D eigenvalue weighted by atomic mass is 35.5. The first kappa shape index (κ1) is 20.4. The number of hydrogen-bond acceptors (Lipinski definition) is 3. The second kappa shape index (κ2) is 10.9. The Kier molecular flexibility index (Phi) is 8.54. The monoisotopic (exact) mass is 380 g/mol. The van der Waals surface area contributed by atoms with Crippen molar-refractivity contribution < 1.29 is 9.53 Å². The van der Waals surface area contributed by atoms with Crippen LogP contribution in [0.3, 0.4) is 0 Å². The number of nitrogens with one attached hydrogen (secondary N) is 3. The SMILES string of the molecule is CN=C(NCCC(=O)NC1CCCC1)NCC(C)Oc1ccc(Cl)cc1. The molecule has 3 N–H and O–H groups in total. The Morgan fingerprint density at radius 3 is 2.62 bits per heavy atom. The minimum Gasteiger partial charge on any atom is -0.489 e. The molecule has 144 valence electrons. The van der Waals surface area contributed by atoms with E-state index in [-0.39, 0.29) is 12.0 Å². The van der Waals surface area contributed by atoms with E-state index in [2.05, 4.69) is 20.9 Å². The van der Waals surface area contributed by atoms with Gasteiger partial charge in [0.25, 0.3) is 0 Å². The summed E-state index contributed by atoms with van der Waals surface area (Å²) in [6.45, 7) is 3.12. The van der Waals surface area contributed by atoms with E-state index >= 15 is 0 Å². The molecule has 1 aromatic carbocycles. The average Bonchev–Trinajstić information content (AvgIpc) is 3.12. The number of halogens is 1. The van der Waals surface area contributed by atoms with Gasteiger partial charge in [-0.05, 0) is 44.0 Å². The van der Waals surface area contributed by atoms with Gasteiger partial charge in [0.2, 0.25) is 5.91 Å². The Morgan fingerprint density at radius 1 is 1.27 bits per heavy atom. The molecular formula is C19H29ClN4O2. The first-order chi connectivity index (χ1) is 12.6. The Morgan fingerprint density at radius 2 is 1.96 bits per heavy atom. The van der Waals surface area contributed by atoms with Crippen LogP contribution in [0.25, 0.3) is 0 Å². The van der Waals surface area contributed by atoms with E-state index in [0.29, 0.717) is 36.5 Å². The van der Waals surface area contributed by atoms with Crippen molar-refractivity contribution in [3.05, 3.63) is 29.3 Å². The van der Waals surface area contributed by atoms with Gasteiger partial charge in [0.05, 0.1) is 6.54 Å². The lowest BCUT2D eigenvalue weighted by atomic mass is 10.2. The summed E-state index contributed by atoms with van der Waals surface area (Å²) < 4.78 is 5.81. The van der Waals surface area contributed by atoms with Crippen LogP contribution in [0.1, 0.15) is 39.0 Å². The molecule has 1 fully saturated rings. The molecule has 0 heterocycles. The van der Waals surface area contributed by atoms with Crippen molar-refractivity contribution >= 4 is 23.5 Å². The minimum atomic E-state index is -0.0413. The smallest absolute Gasteiger partial charge is 0.221 e. The third-order valence-corrected chi connectivity index (χ3v) is 4.55. The zero-order chi connectivity index (χ0) is 18.8. The molecule has 1 aromatic rings. The van der Waals surface area contributed by atoms with Gasteiger partial charge in [0.1, 0.15) is 11.9 Å². The van der Waals surface area contributed by atoms with Gasteiger partial charge in [-0.2, -0.15) is 0 Å². The number of ether oxygens (including phenoxy) is 1. The molecule has 0 radical (unpaired) electrons. The van der Waals surface area contributed by atoms with Crippen LogP contribution < -0.4 is 20.7 Å². The van der Waals surface area contributed by atoms with E-state index in [0.717, 1.165) is 18.6 Å². The fourth-order valence-corrected chi connectivity index (χ4v) is 3.04. The molecule has 7 heteroatoms. The maximum absolute atomic E-state index is 11.9. The molecule has 1 amide bonds. The van der Waals surface area contributed by atoms with Crippen LogP contribution in [0, 0.1) is 0 Å². The van der Waals surface area contributed by atoms with Gasteiger partial charge < -0.3 is 20.7 Å².